The third-order valence-electron chi connectivity index (χ3n) is 1.57. The molecule has 0 atom stereocenters. The summed E-state index contributed by atoms with van der Waals surface area (Å²) in [6.07, 6.45) is 1.89. The Hall–Kier alpha value is -0.980. The van der Waals surface area contributed by atoms with Gasteiger partial charge in [-0.25, -0.2) is 0 Å². The number of para-hydroxylation sites is 1. The quantitative estimate of drug-likeness (QED) is 0.800. The summed E-state index contributed by atoms with van der Waals surface area (Å²) in [5.41, 5.74) is 1.06. The smallest absolute Gasteiger partial charge is 0.206 e. The Bertz CT molecular complexity index is 350. The highest BCUT2D eigenvalue weighted by atomic mass is 35.5. The lowest BCUT2D eigenvalue weighted by Gasteiger charge is -2.00. The van der Waals surface area contributed by atoms with Crippen molar-refractivity contribution in [1.82, 2.24) is 4.98 Å². The van der Waals surface area contributed by atoms with Crippen LogP contribution in [0, 0.1) is 0 Å². The van der Waals surface area contributed by atoms with Crippen LogP contribution in [0.15, 0.2) is 48.7 Å². The normalized spacial score (nSPS) is 10.0. The highest BCUT2D eigenvalue weighted by molar-refractivity contribution is 7.42. The van der Waals surface area contributed by atoms with Crippen molar-refractivity contribution in [3.05, 3.63) is 48.7 Å². The Morgan fingerprint density at radius 1 is 1.00 bits per heavy atom. The van der Waals surface area contributed by atoms with Gasteiger partial charge in [-0.2, -0.15) is 0 Å². The fraction of sp³-hybridized carbons (Fsp3) is 0. The van der Waals surface area contributed by atoms with E-state index >= 15 is 0 Å². The standard InChI is InChI=1S/C10H9NOP.ClH/c1-2-5-9(6-3-1)12-13-10-7-4-8-11-10;/h1-8,11H;1H. The molecule has 1 aromatic carbocycles. The zero-order chi connectivity index (χ0) is 8.93. The number of halogens is 1. The van der Waals surface area contributed by atoms with Gasteiger partial charge in [0.25, 0.3) is 0 Å². The molecule has 0 saturated heterocycles. The van der Waals surface area contributed by atoms with Gasteiger partial charge in [0.15, 0.2) is 0 Å². The Morgan fingerprint density at radius 3 is 2.43 bits per heavy atom. The van der Waals surface area contributed by atoms with Gasteiger partial charge in [-0.3, -0.25) is 0 Å². The van der Waals surface area contributed by atoms with Crippen molar-refractivity contribution in [2.24, 2.45) is 0 Å². The van der Waals surface area contributed by atoms with E-state index < -0.39 is 0 Å². The molecule has 4 heteroatoms. The maximum Gasteiger partial charge on any atom is 0.206 e. The average molecular weight is 227 g/mol. The Balaban J connectivity index is 0.000000980. The van der Waals surface area contributed by atoms with Crippen molar-refractivity contribution in [1.29, 1.82) is 0 Å². The van der Waals surface area contributed by atoms with Crippen molar-refractivity contribution in [3.63, 3.8) is 0 Å². The van der Waals surface area contributed by atoms with Crippen molar-refractivity contribution in [2.75, 3.05) is 0 Å². The second-order valence-corrected chi connectivity index (χ2v) is 3.40. The molecule has 0 bridgehead atoms. The third kappa shape index (κ3) is 3.06. The van der Waals surface area contributed by atoms with Gasteiger partial charge < -0.3 is 9.51 Å². The van der Waals surface area contributed by atoms with Gasteiger partial charge in [0.2, 0.25) is 8.81 Å². The van der Waals surface area contributed by atoms with Crippen LogP contribution in [0.5, 0.6) is 5.75 Å². The van der Waals surface area contributed by atoms with E-state index in [0.29, 0.717) is 0 Å². The van der Waals surface area contributed by atoms with E-state index in [1.54, 1.807) is 0 Å². The zero-order valence-electron chi connectivity index (χ0n) is 7.38. The fourth-order valence-electron chi connectivity index (χ4n) is 0.961. The molecule has 0 saturated carbocycles. The monoisotopic (exact) mass is 226 g/mol. The van der Waals surface area contributed by atoms with E-state index in [9.17, 15) is 0 Å². The maximum atomic E-state index is 5.49. The molecule has 0 aliphatic carbocycles. The summed E-state index contributed by atoms with van der Waals surface area (Å²) in [6, 6.07) is 13.7. The lowest BCUT2D eigenvalue weighted by atomic mass is 10.3. The summed E-state index contributed by atoms with van der Waals surface area (Å²) in [4.78, 5) is 3.07. The maximum absolute atomic E-state index is 5.49. The summed E-state index contributed by atoms with van der Waals surface area (Å²) in [6.45, 7) is 0. The predicted molar refractivity (Wildman–Crippen MR) is 61.7 cm³/mol. The number of benzene rings is 1. The molecular weight excluding hydrogens is 217 g/mol. The highest BCUT2D eigenvalue weighted by Crippen LogP contribution is 2.18. The molecule has 1 N–H and O–H groups in total. The molecule has 2 aromatic rings. The molecule has 0 aliphatic rings. The van der Waals surface area contributed by atoms with Crippen LogP contribution in [0.1, 0.15) is 0 Å². The number of aromatic amines is 1. The van der Waals surface area contributed by atoms with E-state index in [-0.39, 0.29) is 12.4 Å². The Morgan fingerprint density at radius 2 is 1.79 bits per heavy atom. The summed E-state index contributed by atoms with van der Waals surface area (Å²) in [7, 11) is 0.838. The molecule has 0 aliphatic heterocycles. The van der Waals surface area contributed by atoms with Crippen LogP contribution in [0.25, 0.3) is 0 Å². The van der Waals surface area contributed by atoms with Gasteiger partial charge in [-0.05, 0) is 24.3 Å². The molecule has 0 fully saturated rings. The molecule has 0 spiro atoms. The molecule has 2 nitrogen and oxygen atoms in total. The minimum atomic E-state index is 0. The number of hydrogen-bond donors (Lipinski definition) is 1. The lowest BCUT2D eigenvalue weighted by Crippen LogP contribution is -1.95. The Labute approximate surface area is 91.0 Å². The van der Waals surface area contributed by atoms with Gasteiger partial charge in [-0.1, -0.05) is 18.2 Å². The fourth-order valence-corrected chi connectivity index (χ4v) is 1.56. The molecule has 1 radical (unpaired) electrons. The largest absolute Gasteiger partial charge is 0.459 e. The van der Waals surface area contributed by atoms with Crippen molar-refractivity contribution >= 4 is 26.6 Å². The van der Waals surface area contributed by atoms with Gasteiger partial charge >= 0.3 is 0 Å². The van der Waals surface area contributed by atoms with E-state index in [4.69, 9.17) is 4.52 Å². The summed E-state index contributed by atoms with van der Waals surface area (Å²) < 4.78 is 5.49. The van der Waals surface area contributed by atoms with Gasteiger partial charge in [-0.15, -0.1) is 12.4 Å². The molecular formula is C10H10ClNOP. The topological polar surface area (TPSA) is 25.0 Å². The van der Waals surface area contributed by atoms with Crippen LogP contribution in [-0.4, -0.2) is 4.98 Å². The first-order valence-corrected chi connectivity index (χ1v) is 4.83. The minimum Gasteiger partial charge on any atom is -0.459 e. The molecule has 0 unspecified atom stereocenters. The van der Waals surface area contributed by atoms with Crippen LogP contribution < -0.4 is 9.96 Å². The van der Waals surface area contributed by atoms with Crippen molar-refractivity contribution < 1.29 is 4.52 Å². The number of hydrogen-bond acceptors (Lipinski definition) is 1. The third-order valence-corrected chi connectivity index (χ3v) is 2.35. The van der Waals surface area contributed by atoms with Crippen LogP contribution in [0.2, 0.25) is 0 Å². The van der Waals surface area contributed by atoms with E-state index in [1.807, 2.05) is 48.7 Å². The van der Waals surface area contributed by atoms with Gasteiger partial charge in [0.1, 0.15) is 5.75 Å². The van der Waals surface area contributed by atoms with Crippen LogP contribution in [0.3, 0.4) is 0 Å². The van der Waals surface area contributed by atoms with E-state index in [2.05, 4.69) is 4.98 Å². The summed E-state index contributed by atoms with van der Waals surface area (Å²) in [5, 5.41) is 0. The second kappa shape index (κ2) is 5.69. The van der Waals surface area contributed by atoms with Crippen molar-refractivity contribution in [3.8, 4) is 5.75 Å². The summed E-state index contributed by atoms with van der Waals surface area (Å²) in [5.74, 6) is 0.888. The van der Waals surface area contributed by atoms with Gasteiger partial charge in [0, 0.05) is 6.20 Å². The average Bonchev–Trinajstić information content (AvgIpc) is 2.69. The first kappa shape index (κ1) is 11.1. The van der Waals surface area contributed by atoms with Crippen LogP contribution in [0.4, 0.5) is 0 Å². The minimum absolute atomic E-state index is 0. The second-order valence-electron chi connectivity index (χ2n) is 2.55. The lowest BCUT2D eigenvalue weighted by molar-refractivity contribution is 0.638. The van der Waals surface area contributed by atoms with E-state index in [1.165, 1.54) is 0 Å². The number of nitrogens with one attached hydrogen (secondary N) is 1. The molecule has 14 heavy (non-hydrogen) atoms. The van der Waals surface area contributed by atoms with Crippen molar-refractivity contribution in [2.45, 2.75) is 0 Å². The predicted octanol–water partition coefficient (Wildman–Crippen LogP) is 3.00. The summed E-state index contributed by atoms with van der Waals surface area (Å²) >= 11 is 0. The van der Waals surface area contributed by atoms with E-state index in [0.717, 1.165) is 20.0 Å². The molecule has 1 aromatic heterocycles. The molecule has 1 heterocycles. The Kier molecular flexibility index (Phi) is 4.51. The highest BCUT2D eigenvalue weighted by Gasteiger charge is 1.96. The molecule has 73 valence electrons. The van der Waals surface area contributed by atoms with Gasteiger partial charge in [0.05, 0.1) is 5.44 Å². The first-order chi connectivity index (χ1) is 6.45. The van der Waals surface area contributed by atoms with Crippen LogP contribution in [-0.2, 0) is 0 Å². The number of H-pyrrole nitrogens is 1. The zero-order valence-corrected chi connectivity index (χ0v) is 9.09. The molecule has 2 rings (SSSR count). The SMILES string of the molecule is Cl.c1ccc(O[P]c2ccc[nH]2)cc1. The number of rotatable bonds is 3. The molecule has 0 amide bonds. The van der Waals surface area contributed by atoms with Crippen LogP contribution >= 0.6 is 21.2 Å². The number of aromatic nitrogens is 1. The first-order valence-electron chi connectivity index (χ1n) is 4.02.